The van der Waals surface area contributed by atoms with Gasteiger partial charge in [-0.05, 0) is 18.2 Å². The zero-order valence-corrected chi connectivity index (χ0v) is 12.3. The van der Waals surface area contributed by atoms with E-state index < -0.39 is 9.84 Å². The molecule has 0 unspecified atom stereocenters. The third kappa shape index (κ3) is 4.06. The largest absolute Gasteiger partial charge is 0.399 e. The van der Waals surface area contributed by atoms with Gasteiger partial charge in [-0.25, -0.2) is 13.4 Å². The Hall–Kier alpha value is -2.35. The summed E-state index contributed by atoms with van der Waals surface area (Å²) in [5.74, 6) is 0.387. The van der Waals surface area contributed by atoms with E-state index in [2.05, 4.69) is 15.3 Å². The monoisotopic (exact) mass is 308 g/mol. The highest BCUT2D eigenvalue weighted by atomic mass is 32.2. The summed E-state index contributed by atoms with van der Waals surface area (Å²) in [6.07, 6.45) is 4.96. The van der Waals surface area contributed by atoms with Gasteiger partial charge >= 0.3 is 0 Å². The molecule has 2 aromatic rings. The van der Waals surface area contributed by atoms with Crippen LogP contribution in [-0.2, 0) is 16.3 Å². The van der Waals surface area contributed by atoms with Crippen LogP contribution in [0, 0.1) is 0 Å². The lowest BCUT2D eigenvalue weighted by atomic mass is 10.2. The van der Waals surface area contributed by atoms with Crippen molar-refractivity contribution in [2.75, 3.05) is 18.5 Å². The lowest BCUT2D eigenvalue weighted by Gasteiger charge is -2.07. The fraction of sp³-hybridized carbons (Fsp3) is 0.231. The summed E-state index contributed by atoms with van der Waals surface area (Å²) in [7, 11) is -3.41. The summed E-state index contributed by atoms with van der Waals surface area (Å²) in [5, 5.41) is 2.69. The van der Waals surface area contributed by atoms with Crippen molar-refractivity contribution < 1.29 is 13.2 Å². The van der Waals surface area contributed by atoms with Gasteiger partial charge in [-0.3, -0.25) is 4.79 Å². The van der Waals surface area contributed by atoms with Crippen LogP contribution < -0.4 is 11.1 Å². The average molecular weight is 308 g/mol. The van der Waals surface area contributed by atoms with Crippen LogP contribution in [0.5, 0.6) is 0 Å². The number of carbonyl (C=O) groups is 1. The normalized spacial score (nSPS) is 11.3. The summed E-state index contributed by atoms with van der Waals surface area (Å²) in [4.78, 5) is 19.0. The molecule has 0 bridgehead atoms. The van der Waals surface area contributed by atoms with Gasteiger partial charge in [0.2, 0.25) is 0 Å². The number of anilines is 1. The van der Waals surface area contributed by atoms with Gasteiger partial charge in [0, 0.05) is 42.9 Å². The van der Waals surface area contributed by atoms with E-state index in [-0.39, 0.29) is 22.1 Å². The van der Waals surface area contributed by atoms with Gasteiger partial charge < -0.3 is 16.0 Å². The van der Waals surface area contributed by atoms with Crippen molar-refractivity contribution in [3.8, 4) is 0 Å². The van der Waals surface area contributed by atoms with Gasteiger partial charge in [0.05, 0.1) is 4.90 Å². The Labute approximate surface area is 122 Å². The molecule has 0 saturated heterocycles. The fourth-order valence-corrected chi connectivity index (χ4v) is 2.49. The minimum atomic E-state index is -3.41. The number of nitrogens with two attached hydrogens (primary N) is 1. The molecule has 0 spiro atoms. The van der Waals surface area contributed by atoms with Crippen LogP contribution in [0.15, 0.2) is 35.5 Å². The minimum Gasteiger partial charge on any atom is -0.399 e. The topological polar surface area (TPSA) is 118 Å². The predicted octanol–water partition coefficient (Wildman–Crippen LogP) is 0.368. The number of nitrogens with zero attached hydrogens (tertiary/aromatic N) is 1. The second-order valence-electron chi connectivity index (χ2n) is 4.60. The summed E-state index contributed by atoms with van der Waals surface area (Å²) >= 11 is 0. The van der Waals surface area contributed by atoms with Crippen molar-refractivity contribution in [2.24, 2.45) is 0 Å². The highest BCUT2D eigenvalue weighted by molar-refractivity contribution is 7.90. The van der Waals surface area contributed by atoms with Gasteiger partial charge in [-0.15, -0.1) is 0 Å². The highest BCUT2D eigenvalue weighted by Crippen LogP contribution is 2.16. The molecule has 0 aliphatic heterocycles. The molecule has 112 valence electrons. The SMILES string of the molecule is CS(=O)(=O)c1cc(N)cc(C(=O)NCCc2ncc[nH]2)c1. The second kappa shape index (κ2) is 5.96. The van der Waals surface area contributed by atoms with Crippen LogP contribution in [0.1, 0.15) is 16.2 Å². The molecule has 0 fully saturated rings. The number of hydrogen-bond donors (Lipinski definition) is 3. The Morgan fingerprint density at radius 1 is 1.38 bits per heavy atom. The maximum absolute atomic E-state index is 12.0. The maximum Gasteiger partial charge on any atom is 0.251 e. The van der Waals surface area contributed by atoms with Gasteiger partial charge in [-0.2, -0.15) is 0 Å². The first-order valence-electron chi connectivity index (χ1n) is 6.23. The Bertz CT molecular complexity index is 739. The molecule has 1 aromatic heterocycles. The molecular weight excluding hydrogens is 292 g/mol. The third-order valence-electron chi connectivity index (χ3n) is 2.82. The number of H-pyrrole nitrogens is 1. The van der Waals surface area contributed by atoms with Crippen molar-refractivity contribution >= 4 is 21.4 Å². The molecule has 7 nitrogen and oxygen atoms in total. The first-order chi connectivity index (χ1) is 9.86. The zero-order chi connectivity index (χ0) is 15.5. The van der Waals surface area contributed by atoms with Crippen LogP contribution in [0.25, 0.3) is 0 Å². The number of carbonyl (C=O) groups excluding carboxylic acids is 1. The lowest BCUT2D eigenvalue weighted by Crippen LogP contribution is -2.26. The maximum atomic E-state index is 12.0. The minimum absolute atomic E-state index is 0.0266. The Kier molecular flexibility index (Phi) is 4.27. The van der Waals surface area contributed by atoms with Crippen LogP contribution >= 0.6 is 0 Å². The molecule has 0 atom stereocenters. The van der Waals surface area contributed by atoms with E-state index in [1.54, 1.807) is 12.4 Å². The first kappa shape index (κ1) is 15.0. The van der Waals surface area contributed by atoms with E-state index in [9.17, 15) is 13.2 Å². The third-order valence-corrected chi connectivity index (χ3v) is 3.91. The van der Waals surface area contributed by atoms with E-state index in [0.29, 0.717) is 13.0 Å². The molecule has 1 amide bonds. The van der Waals surface area contributed by atoms with E-state index in [0.717, 1.165) is 12.1 Å². The average Bonchev–Trinajstić information content (AvgIpc) is 2.90. The number of amides is 1. The number of rotatable bonds is 5. The van der Waals surface area contributed by atoms with Crippen molar-refractivity contribution in [2.45, 2.75) is 11.3 Å². The van der Waals surface area contributed by atoms with Crippen LogP contribution in [0.3, 0.4) is 0 Å². The molecule has 1 heterocycles. The van der Waals surface area contributed by atoms with E-state index in [1.807, 2.05) is 0 Å². The van der Waals surface area contributed by atoms with Gasteiger partial charge in [0.1, 0.15) is 5.82 Å². The molecule has 0 aliphatic carbocycles. The number of aromatic nitrogens is 2. The molecule has 21 heavy (non-hydrogen) atoms. The van der Waals surface area contributed by atoms with Crippen molar-refractivity contribution in [1.29, 1.82) is 0 Å². The van der Waals surface area contributed by atoms with Gasteiger partial charge in [0.15, 0.2) is 9.84 Å². The Morgan fingerprint density at radius 3 is 2.76 bits per heavy atom. The summed E-state index contributed by atoms with van der Waals surface area (Å²) in [5.41, 5.74) is 6.09. The van der Waals surface area contributed by atoms with Crippen LogP contribution in [0.4, 0.5) is 5.69 Å². The van der Waals surface area contributed by atoms with E-state index in [4.69, 9.17) is 5.73 Å². The summed E-state index contributed by atoms with van der Waals surface area (Å²) < 4.78 is 23.1. The number of benzene rings is 1. The van der Waals surface area contributed by atoms with Crippen molar-refractivity contribution in [1.82, 2.24) is 15.3 Å². The number of aromatic amines is 1. The standard InChI is InChI=1S/C13H16N4O3S/c1-21(19,20)11-7-9(6-10(14)8-11)13(18)17-3-2-12-15-4-5-16-12/h4-8H,2-3,14H2,1H3,(H,15,16)(H,17,18). The zero-order valence-electron chi connectivity index (χ0n) is 11.5. The molecule has 0 radical (unpaired) electrons. The summed E-state index contributed by atoms with van der Waals surface area (Å²) in [6, 6.07) is 4.08. The molecule has 2 rings (SSSR count). The summed E-state index contributed by atoms with van der Waals surface area (Å²) in [6.45, 7) is 0.384. The van der Waals surface area contributed by atoms with E-state index >= 15 is 0 Å². The Balaban J connectivity index is 2.07. The number of nitrogen functional groups attached to an aromatic ring is 1. The number of nitrogens with one attached hydrogen (secondary N) is 2. The van der Waals surface area contributed by atoms with Crippen molar-refractivity contribution in [3.63, 3.8) is 0 Å². The molecule has 0 aliphatic rings. The van der Waals surface area contributed by atoms with Crippen molar-refractivity contribution in [3.05, 3.63) is 42.0 Å². The van der Waals surface area contributed by atoms with Crippen LogP contribution in [-0.4, -0.2) is 37.1 Å². The highest BCUT2D eigenvalue weighted by Gasteiger charge is 2.13. The fourth-order valence-electron chi connectivity index (χ4n) is 1.80. The number of hydrogen-bond acceptors (Lipinski definition) is 5. The predicted molar refractivity (Wildman–Crippen MR) is 78.6 cm³/mol. The van der Waals surface area contributed by atoms with E-state index in [1.165, 1.54) is 18.2 Å². The van der Waals surface area contributed by atoms with Gasteiger partial charge in [0.25, 0.3) is 5.91 Å². The molecule has 0 saturated carbocycles. The lowest BCUT2D eigenvalue weighted by molar-refractivity contribution is 0.0954. The second-order valence-corrected chi connectivity index (χ2v) is 6.62. The molecular formula is C13H16N4O3S. The van der Waals surface area contributed by atoms with Gasteiger partial charge in [-0.1, -0.05) is 0 Å². The molecule has 1 aromatic carbocycles. The van der Waals surface area contributed by atoms with Crippen LogP contribution in [0.2, 0.25) is 0 Å². The number of sulfone groups is 1. The number of imidazole rings is 1. The Morgan fingerprint density at radius 2 is 2.14 bits per heavy atom. The molecule has 4 N–H and O–H groups in total. The quantitative estimate of drug-likeness (QED) is 0.690. The first-order valence-corrected chi connectivity index (χ1v) is 8.12. The molecule has 8 heteroatoms. The smallest absolute Gasteiger partial charge is 0.251 e.